The number of amides is 1. The van der Waals surface area contributed by atoms with Gasteiger partial charge in [-0.15, -0.1) is 0 Å². The van der Waals surface area contributed by atoms with Crippen molar-refractivity contribution < 1.29 is 22.4 Å². The molecule has 1 aliphatic rings. The SMILES string of the molecule is O=C(NC[C@H]1CCNC1)c1c(F)c(F)cc(F)c1F. The highest BCUT2D eigenvalue weighted by Gasteiger charge is 2.25. The van der Waals surface area contributed by atoms with E-state index >= 15 is 0 Å². The summed E-state index contributed by atoms with van der Waals surface area (Å²) in [6, 6.07) is 0.0718. The second-order valence-electron chi connectivity index (χ2n) is 4.41. The zero-order valence-corrected chi connectivity index (χ0v) is 9.90. The molecule has 1 aromatic rings. The maximum Gasteiger partial charge on any atom is 0.257 e. The van der Waals surface area contributed by atoms with Gasteiger partial charge in [0, 0.05) is 12.6 Å². The Bertz CT molecular complexity index is 475. The molecule has 0 bridgehead atoms. The lowest BCUT2D eigenvalue weighted by Gasteiger charge is -2.11. The van der Waals surface area contributed by atoms with Crippen LogP contribution >= 0.6 is 0 Å². The van der Waals surface area contributed by atoms with E-state index in [1.54, 1.807) is 0 Å². The molecule has 1 amide bonds. The number of rotatable bonds is 3. The third-order valence-electron chi connectivity index (χ3n) is 3.05. The molecule has 1 heterocycles. The van der Waals surface area contributed by atoms with Gasteiger partial charge in [0.05, 0.1) is 0 Å². The van der Waals surface area contributed by atoms with E-state index in [1.165, 1.54) is 0 Å². The summed E-state index contributed by atoms with van der Waals surface area (Å²) in [6.45, 7) is 1.68. The first-order valence-electron chi connectivity index (χ1n) is 5.82. The van der Waals surface area contributed by atoms with E-state index in [1.807, 2.05) is 0 Å². The number of benzene rings is 1. The fraction of sp³-hybridized carbons (Fsp3) is 0.417. The third-order valence-corrected chi connectivity index (χ3v) is 3.05. The Kier molecular flexibility index (Phi) is 4.04. The van der Waals surface area contributed by atoms with Gasteiger partial charge in [0.2, 0.25) is 0 Å². The van der Waals surface area contributed by atoms with E-state index in [0.29, 0.717) is 6.54 Å². The molecule has 7 heteroatoms. The van der Waals surface area contributed by atoms with Crippen LogP contribution in [-0.2, 0) is 0 Å². The summed E-state index contributed by atoms with van der Waals surface area (Å²) in [7, 11) is 0. The molecule has 0 saturated carbocycles. The van der Waals surface area contributed by atoms with Crippen molar-refractivity contribution in [1.82, 2.24) is 10.6 Å². The van der Waals surface area contributed by atoms with Crippen LogP contribution in [0.25, 0.3) is 0 Å². The fourth-order valence-electron chi connectivity index (χ4n) is 1.99. The van der Waals surface area contributed by atoms with Crippen LogP contribution in [0.5, 0.6) is 0 Å². The molecule has 2 N–H and O–H groups in total. The lowest BCUT2D eigenvalue weighted by molar-refractivity contribution is 0.0937. The highest BCUT2D eigenvalue weighted by molar-refractivity contribution is 5.94. The molecule has 0 radical (unpaired) electrons. The van der Waals surface area contributed by atoms with Gasteiger partial charge < -0.3 is 10.6 Å². The smallest absolute Gasteiger partial charge is 0.257 e. The van der Waals surface area contributed by atoms with E-state index in [9.17, 15) is 22.4 Å². The first-order chi connectivity index (χ1) is 9.00. The number of hydrogen-bond acceptors (Lipinski definition) is 2. The van der Waals surface area contributed by atoms with Crippen LogP contribution in [-0.4, -0.2) is 25.5 Å². The molecule has 0 aromatic heterocycles. The molecule has 1 atom stereocenters. The van der Waals surface area contributed by atoms with E-state index < -0.39 is 34.7 Å². The summed E-state index contributed by atoms with van der Waals surface area (Å²) in [6.07, 6.45) is 0.822. The normalized spacial score (nSPS) is 18.6. The Hall–Kier alpha value is -1.63. The second-order valence-corrected chi connectivity index (χ2v) is 4.41. The lowest BCUT2D eigenvalue weighted by atomic mass is 10.1. The first-order valence-corrected chi connectivity index (χ1v) is 5.82. The number of nitrogens with one attached hydrogen (secondary N) is 2. The average molecular weight is 276 g/mol. The molecule has 0 aliphatic carbocycles. The Morgan fingerprint density at radius 1 is 1.26 bits per heavy atom. The highest BCUT2D eigenvalue weighted by atomic mass is 19.2. The standard InChI is InChI=1S/C12H12F4N2O/c13-7-3-8(14)11(16)9(10(7)15)12(19)18-5-6-1-2-17-4-6/h3,6,17H,1-2,4-5H2,(H,18,19)/t6-/m0/s1. The minimum Gasteiger partial charge on any atom is -0.352 e. The lowest BCUT2D eigenvalue weighted by Crippen LogP contribution is -2.32. The second kappa shape index (κ2) is 5.56. The summed E-state index contributed by atoms with van der Waals surface area (Å²) >= 11 is 0. The zero-order chi connectivity index (χ0) is 14.0. The van der Waals surface area contributed by atoms with Gasteiger partial charge in [-0.1, -0.05) is 0 Å². The van der Waals surface area contributed by atoms with Gasteiger partial charge in [-0.25, -0.2) is 17.6 Å². The number of carbonyl (C=O) groups excluding carboxylic acids is 1. The van der Waals surface area contributed by atoms with E-state index in [2.05, 4.69) is 10.6 Å². The molecular formula is C12H12F4N2O. The van der Waals surface area contributed by atoms with Gasteiger partial charge >= 0.3 is 0 Å². The summed E-state index contributed by atoms with van der Waals surface area (Å²) in [5.41, 5.74) is -1.22. The Balaban J connectivity index is 2.14. The summed E-state index contributed by atoms with van der Waals surface area (Å²) in [5, 5.41) is 5.34. The molecular weight excluding hydrogens is 264 g/mol. The third kappa shape index (κ3) is 2.86. The predicted octanol–water partition coefficient (Wildman–Crippen LogP) is 1.58. The molecule has 2 rings (SSSR count). The van der Waals surface area contributed by atoms with Crippen molar-refractivity contribution in [2.45, 2.75) is 6.42 Å². The maximum atomic E-state index is 13.3. The average Bonchev–Trinajstić information content (AvgIpc) is 2.87. The van der Waals surface area contributed by atoms with Crippen LogP contribution in [0.3, 0.4) is 0 Å². The summed E-state index contributed by atoms with van der Waals surface area (Å²) in [4.78, 5) is 11.6. The Labute approximate surface area is 107 Å². The Morgan fingerprint density at radius 2 is 1.89 bits per heavy atom. The minimum absolute atomic E-state index is 0.0718. The van der Waals surface area contributed by atoms with Gasteiger partial charge in [-0.3, -0.25) is 4.79 Å². The molecule has 0 unspecified atom stereocenters. The Morgan fingerprint density at radius 3 is 2.42 bits per heavy atom. The number of carbonyl (C=O) groups is 1. The van der Waals surface area contributed by atoms with Gasteiger partial charge in [0.15, 0.2) is 23.3 Å². The molecule has 1 saturated heterocycles. The molecule has 1 fully saturated rings. The molecule has 3 nitrogen and oxygen atoms in total. The van der Waals surface area contributed by atoms with Crippen LogP contribution in [0.1, 0.15) is 16.8 Å². The number of halogens is 4. The largest absolute Gasteiger partial charge is 0.352 e. The van der Waals surface area contributed by atoms with Crippen LogP contribution in [0.2, 0.25) is 0 Å². The van der Waals surface area contributed by atoms with Crippen molar-refractivity contribution in [3.8, 4) is 0 Å². The van der Waals surface area contributed by atoms with Crippen molar-refractivity contribution in [3.63, 3.8) is 0 Å². The van der Waals surface area contributed by atoms with Crippen molar-refractivity contribution in [2.75, 3.05) is 19.6 Å². The number of hydrogen-bond donors (Lipinski definition) is 2. The van der Waals surface area contributed by atoms with E-state index in [4.69, 9.17) is 0 Å². The topological polar surface area (TPSA) is 41.1 Å². The van der Waals surface area contributed by atoms with Gasteiger partial charge in [-0.05, 0) is 25.4 Å². The van der Waals surface area contributed by atoms with Gasteiger partial charge in [0.1, 0.15) is 5.56 Å². The van der Waals surface area contributed by atoms with Crippen LogP contribution in [0, 0.1) is 29.2 Å². The molecule has 1 aliphatic heterocycles. The highest BCUT2D eigenvalue weighted by Crippen LogP contribution is 2.19. The molecule has 0 spiro atoms. The van der Waals surface area contributed by atoms with E-state index in [-0.39, 0.29) is 18.5 Å². The maximum absolute atomic E-state index is 13.3. The quantitative estimate of drug-likeness (QED) is 0.650. The fourth-order valence-corrected chi connectivity index (χ4v) is 1.99. The van der Waals surface area contributed by atoms with Crippen LogP contribution in [0.4, 0.5) is 17.6 Å². The van der Waals surface area contributed by atoms with Crippen LogP contribution < -0.4 is 10.6 Å². The minimum atomic E-state index is -1.68. The molecule has 19 heavy (non-hydrogen) atoms. The van der Waals surface area contributed by atoms with Crippen molar-refractivity contribution in [1.29, 1.82) is 0 Å². The van der Waals surface area contributed by atoms with Gasteiger partial charge in [-0.2, -0.15) is 0 Å². The molecule has 104 valence electrons. The monoisotopic (exact) mass is 276 g/mol. The zero-order valence-electron chi connectivity index (χ0n) is 9.90. The van der Waals surface area contributed by atoms with Gasteiger partial charge in [0.25, 0.3) is 5.91 Å². The van der Waals surface area contributed by atoms with Crippen molar-refractivity contribution in [3.05, 3.63) is 34.9 Å². The summed E-state index contributed by atoms with van der Waals surface area (Å²) < 4.78 is 52.6. The molecule has 1 aromatic carbocycles. The van der Waals surface area contributed by atoms with Crippen molar-refractivity contribution >= 4 is 5.91 Å². The first kappa shape index (κ1) is 13.8. The van der Waals surface area contributed by atoms with E-state index in [0.717, 1.165) is 13.0 Å². The van der Waals surface area contributed by atoms with Crippen LogP contribution in [0.15, 0.2) is 6.07 Å². The van der Waals surface area contributed by atoms with Crippen molar-refractivity contribution in [2.24, 2.45) is 5.92 Å². The predicted molar refractivity (Wildman–Crippen MR) is 59.6 cm³/mol. The summed E-state index contributed by atoms with van der Waals surface area (Å²) in [5.74, 6) is -7.55.